The number of likely N-dealkylation sites (N-methyl/N-ethyl adjacent to an activating group) is 1. The fraction of sp³-hybridized carbons (Fsp3) is 0.917. The van der Waals surface area contributed by atoms with Gasteiger partial charge >= 0.3 is 0 Å². The number of morpholine rings is 1. The standard InChI is InChI=1S/C12H23N3O2/c1-2-15-5-6-17-11(9-15)7-14-12(16)8-13-10-3-4-10/h10-11,13H,2-9H2,1H3,(H,14,16). The molecule has 1 amide bonds. The number of carbonyl (C=O) groups excluding carboxylic acids is 1. The Morgan fingerprint density at radius 3 is 3.00 bits per heavy atom. The predicted molar refractivity (Wildman–Crippen MR) is 65.9 cm³/mol. The second-order valence-electron chi connectivity index (χ2n) is 4.85. The number of carbonyl (C=O) groups is 1. The van der Waals surface area contributed by atoms with E-state index in [1.165, 1.54) is 12.8 Å². The molecule has 0 radical (unpaired) electrons. The van der Waals surface area contributed by atoms with Crippen molar-refractivity contribution in [3.63, 3.8) is 0 Å². The maximum absolute atomic E-state index is 11.5. The molecular weight excluding hydrogens is 218 g/mol. The van der Waals surface area contributed by atoms with Crippen LogP contribution in [0.4, 0.5) is 0 Å². The fourth-order valence-corrected chi connectivity index (χ4v) is 2.01. The van der Waals surface area contributed by atoms with Crippen LogP contribution in [-0.2, 0) is 9.53 Å². The van der Waals surface area contributed by atoms with E-state index in [4.69, 9.17) is 4.74 Å². The molecule has 1 atom stereocenters. The zero-order chi connectivity index (χ0) is 12.1. The lowest BCUT2D eigenvalue weighted by atomic mass is 10.2. The third-order valence-electron chi connectivity index (χ3n) is 3.33. The molecule has 0 aromatic carbocycles. The van der Waals surface area contributed by atoms with E-state index in [0.717, 1.165) is 26.2 Å². The van der Waals surface area contributed by atoms with E-state index in [9.17, 15) is 4.79 Å². The summed E-state index contributed by atoms with van der Waals surface area (Å²) in [6.45, 7) is 6.97. The first-order valence-corrected chi connectivity index (χ1v) is 6.62. The average molecular weight is 241 g/mol. The minimum atomic E-state index is 0.0779. The third-order valence-corrected chi connectivity index (χ3v) is 3.33. The van der Waals surface area contributed by atoms with Gasteiger partial charge in [0.15, 0.2) is 0 Å². The Morgan fingerprint density at radius 1 is 1.47 bits per heavy atom. The van der Waals surface area contributed by atoms with Crippen LogP contribution in [0, 0.1) is 0 Å². The molecule has 2 aliphatic rings. The van der Waals surface area contributed by atoms with Crippen LogP contribution in [0.1, 0.15) is 19.8 Å². The Bertz CT molecular complexity index is 256. The zero-order valence-corrected chi connectivity index (χ0v) is 10.6. The molecule has 0 aromatic heterocycles. The minimum Gasteiger partial charge on any atom is -0.374 e. The fourth-order valence-electron chi connectivity index (χ4n) is 2.01. The molecule has 1 saturated heterocycles. The van der Waals surface area contributed by atoms with Crippen molar-refractivity contribution < 1.29 is 9.53 Å². The number of ether oxygens (including phenoxy) is 1. The Labute approximate surface area is 103 Å². The Balaban J connectivity index is 1.57. The summed E-state index contributed by atoms with van der Waals surface area (Å²) in [5.41, 5.74) is 0. The highest BCUT2D eigenvalue weighted by molar-refractivity contribution is 5.78. The number of amides is 1. The van der Waals surface area contributed by atoms with Gasteiger partial charge in [0.05, 0.1) is 19.3 Å². The lowest BCUT2D eigenvalue weighted by molar-refractivity contribution is -0.121. The summed E-state index contributed by atoms with van der Waals surface area (Å²) in [5.74, 6) is 0.0779. The summed E-state index contributed by atoms with van der Waals surface area (Å²) in [6, 6.07) is 0.585. The van der Waals surface area contributed by atoms with E-state index >= 15 is 0 Å². The Morgan fingerprint density at radius 2 is 2.29 bits per heavy atom. The molecule has 2 N–H and O–H groups in total. The molecule has 2 rings (SSSR count). The molecule has 0 bridgehead atoms. The highest BCUT2D eigenvalue weighted by atomic mass is 16.5. The van der Waals surface area contributed by atoms with E-state index < -0.39 is 0 Å². The van der Waals surface area contributed by atoms with Gasteiger partial charge < -0.3 is 15.4 Å². The summed E-state index contributed by atoms with van der Waals surface area (Å²) in [5, 5.41) is 6.13. The molecule has 2 fully saturated rings. The van der Waals surface area contributed by atoms with Gasteiger partial charge in [-0.1, -0.05) is 6.92 Å². The van der Waals surface area contributed by atoms with Gasteiger partial charge in [0, 0.05) is 25.7 Å². The highest BCUT2D eigenvalue weighted by Gasteiger charge is 2.22. The van der Waals surface area contributed by atoms with Gasteiger partial charge in [-0.25, -0.2) is 0 Å². The van der Waals surface area contributed by atoms with E-state index in [-0.39, 0.29) is 12.0 Å². The summed E-state index contributed by atoms with van der Waals surface area (Å²) < 4.78 is 5.62. The molecule has 1 saturated carbocycles. The molecule has 1 aliphatic heterocycles. The number of nitrogens with one attached hydrogen (secondary N) is 2. The lowest BCUT2D eigenvalue weighted by Gasteiger charge is -2.32. The van der Waals surface area contributed by atoms with Gasteiger partial charge in [-0.15, -0.1) is 0 Å². The lowest BCUT2D eigenvalue weighted by Crippen LogP contribution is -2.48. The summed E-state index contributed by atoms with van der Waals surface area (Å²) in [6.07, 6.45) is 2.57. The number of hydrogen-bond acceptors (Lipinski definition) is 4. The highest BCUT2D eigenvalue weighted by Crippen LogP contribution is 2.17. The molecule has 17 heavy (non-hydrogen) atoms. The van der Waals surface area contributed by atoms with Crippen molar-refractivity contribution in [1.82, 2.24) is 15.5 Å². The van der Waals surface area contributed by atoms with Gasteiger partial charge in [-0.2, -0.15) is 0 Å². The minimum absolute atomic E-state index is 0.0779. The SMILES string of the molecule is CCN1CCOC(CNC(=O)CNC2CC2)C1. The molecule has 5 nitrogen and oxygen atoms in total. The van der Waals surface area contributed by atoms with E-state index in [0.29, 0.717) is 19.1 Å². The number of rotatable bonds is 6. The maximum Gasteiger partial charge on any atom is 0.234 e. The van der Waals surface area contributed by atoms with Gasteiger partial charge in [0.1, 0.15) is 0 Å². The van der Waals surface area contributed by atoms with Crippen LogP contribution < -0.4 is 10.6 Å². The molecule has 98 valence electrons. The van der Waals surface area contributed by atoms with Crippen molar-refractivity contribution in [1.29, 1.82) is 0 Å². The molecule has 1 unspecified atom stereocenters. The van der Waals surface area contributed by atoms with Crippen molar-refractivity contribution in [2.45, 2.75) is 31.9 Å². The van der Waals surface area contributed by atoms with Crippen LogP contribution in [0.5, 0.6) is 0 Å². The van der Waals surface area contributed by atoms with E-state index in [2.05, 4.69) is 22.5 Å². The first-order chi connectivity index (χ1) is 8.28. The Kier molecular flexibility index (Phi) is 4.76. The predicted octanol–water partition coefficient (Wildman–Crippen LogP) is -0.425. The normalized spacial score (nSPS) is 25.8. The average Bonchev–Trinajstić information content (AvgIpc) is 3.18. The molecule has 5 heteroatoms. The van der Waals surface area contributed by atoms with Crippen LogP contribution in [0.15, 0.2) is 0 Å². The van der Waals surface area contributed by atoms with Crippen molar-refractivity contribution in [3.8, 4) is 0 Å². The van der Waals surface area contributed by atoms with Crippen molar-refractivity contribution >= 4 is 5.91 Å². The first kappa shape index (κ1) is 12.8. The smallest absolute Gasteiger partial charge is 0.234 e. The Hall–Kier alpha value is -0.650. The molecule has 0 aromatic rings. The summed E-state index contributed by atoms with van der Waals surface area (Å²) >= 11 is 0. The van der Waals surface area contributed by atoms with Crippen LogP contribution in [-0.4, -0.2) is 62.3 Å². The van der Waals surface area contributed by atoms with Crippen molar-refractivity contribution in [3.05, 3.63) is 0 Å². The van der Waals surface area contributed by atoms with Crippen LogP contribution in [0.3, 0.4) is 0 Å². The molecular formula is C12H23N3O2. The van der Waals surface area contributed by atoms with Gasteiger partial charge in [0.2, 0.25) is 5.91 Å². The van der Waals surface area contributed by atoms with Gasteiger partial charge in [-0.3, -0.25) is 9.69 Å². The second-order valence-corrected chi connectivity index (χ2v) is 4.85. The molecule has 1 aliphatic carbocycles. The largest absolute Gasteiger partial charge is 0.374 e. The second kappa shape index (κ2) is 6.33. The topological polar surface area (TPSA) is 53.6 Å². The third kappa shape index (κ3) is 4.61. The summed E-state index contributed by atoms with van der Waals surface area (Å²) in [4.78, 5) is 13.9. The molecule has 0 spiro atoms. The molecule has 1 heterocycles. The summed E-state index contributed by atoms with van der Waals surface area (Å²) in [7, 11) is 0. The van der Waals surface area contributed by atoms with Gasteiger partial charge in [0.25, 0.3) is 0 Å². The monoisotopic (exact) mass is 241 g/mol. The van der Waals surface area contributed by atoms with Crippen molar-refractivity contribution in [2.24, 2.45) is 0 Å². The maximum atomic E-state index is 11.5. The van der Waals surface area contributed by atoms with Crippen LogP contribution in [0.25, 0.3) is 0 Å². The first-order valence-electron chi connectivity index (χ1n) is 6.62. The van der Waals surface area contributed by atoms with Crippen LogP contribution in [0.2, 0.25) is 0 Å². The number of nitrogens with zero attached hydrogens (tertiary/aromatic N) is 1. The zero-order valence-electron chi connectivity index (χ0n) is 10.6. The van der Waals surface area contributed by atoms with Gasteiger partial charge in [-0.05, 0) is 19.4 Å². The quantitative estimate of drug-likeness (QED) is 0.663. The van der Waals surface area contributed by atoms with Crippen LogP contribution >= 0.6 is 0 Å². The van der Waals surface area contributed by atoms with E-state index in [1.807, 2.05) is 0 Å². The van der Waals surface area contributed by atoms with E-state index in [1.54, 1.807) is 0 Å². The number of hydrogen-bond donors (Lipinski definition) is 2. The van der Waals surface area contributed by atoms with Crippen molar-refractivity contribution in [2.75, 3.05) is 39.3 Å².